The maximum absolute atomic E-state index is 8.56. The standard InChI is InChI=1S/C27H56O8/c1-27(2)11-9-7-5-3-4-6-8-10-13-29-15-17-31-19-21-33-23-25-35-26-24-34-22-20-32-18-16-30-14-12-28/h27-28H,3-26H2,1-2H3. The summed E-state index contributed by atoms with van der Waals surface area (Å²) in [6.07, 6.45) is 12.1. The van der Waals surface area contributed by atoms with Gasteiger partial charge in [0.2, 0.25) is 0 Å². The topological polar surface area (TPSA) is 84.8 Å². The summed E-state index contributed by atoms with van der Waals surface area (Å²) in [6.45, 7) is 12.5. The summed E-state index contributed by atoms with van der Waals surface area (Å²) in [5.41, 5.74) is 0. The zero-order valence-corrected chi connectivity index (χ0v) is 22.9. The molecule has 0 radical (unpaired) electrons. The fourth-order valence-electron chi connectivity index (χ4n) is 3.30. The monoisotopic (exact) mass is 508 g/mol. The van der Waals surface area contributed by atoms with Crippen LogP contribution in [0, 0.1) is 5.92 Å². The minimum absolute atomic E-state index is 0.0383. The summed E-state index contributed by atoms with van der Waals surface area (Å²) in [7, 11) is 0. The van der Waals surface area contributed by atoms with Gasteiger partial charge in [0.05, 0.1) is 92.5 Å². The Morgan fingerprint density at radius 3 is 1.00 bits per heavy atom. The van der Waals surface area contributed by atoms with Crippen LogP contribution in [0.3, 0.4) is 0 Å². The van der Waals surface area contributed by atoms with E-state index in [9.17, 15) is 0 Å². The first-order valence-electron chi connectivity index (χ1n) is 13.9. The third kappa shape index (κ3) is 33.7. The predicted molar refractivity (Wildman–Crippen MR) is 139 cm³/mol. The van der Waals surface area contributed by atoms with Gasteiger partial charge in [0.15, 0.2) is 0 Å². The summed E-state index contributed by atoms with van der Waals surface area (Å²) in [4.78, 5) is 0. The molecule has 35 heavy (non-hydrogen) atoms. The van der Waals surface area contributed by atoms with Crippen molar-refractivity contribution in [3.63, 3.8) is 0 Å². The summed E-state index contributed by atoms with van der Waals surface area (Å²) in [5.74, 6) is 0.851. The Morgan fingerprint density at radius 1 is 0.371 bits per heavy atom. The van der Waals surface area contributed by atoms with Crippen LogP contribution in [-0.2, 0) is 33.2 Å². The summed E-state index contributed by atoms with van der Waals surface area (Å²) < 4.78 is 37.9. The first kappa shape index (κ1) is 34.7. The van der Waals surface area contributed by atoms with Crippen LogP contribution in [0.15, 0.2) is 0 Å². The van der Waals surface area contributed by atoms with Crippen molar-refractivity contribution in [1.82, 2.24) is 0 Å². The molecule has 0 aromatic carbocycles. The summed E-state index contributed by atoms with van der Waals surface area (Å²) in [6, 6.07) is 0. The van der Waals surface area contributed by atoms with E-state index in [2.05, 4.69) is 13.8 Å². The Balaban J connectivity index is 3.01. The molecule has 0 bridgehead atoms. The Labute approximate surface area is 215 Å². The van der Waals surface area contributed by atoms with E-state index in [-0.39, 0.29) is 6.61 Å². The quantitative estimate of drug-likeness (QED) is 0.139. The van der Waals surface area contributed by atoms with E-state index in [1.54, 1.807) is 0 Å². The largest absolute Gasteiger partial charge is 0.394 e. The van der Waals surface area contributed by atoms with Crippen molar-refractivity contribution >= 4 is 0 Å². The molecule has 0 aliphatic heterocycles. The van der Waals surface area contributed by atoms with Crippen LogP contribution in [0.1, 0.15) is 71.6 Å². The Morgan fingerprint density at radius 2 is 0.657 bits per heavy atom. The minimum Gasteiger partial charge on any atom is -0.394 e. The molecule has 0 amide bonds. The summed E-state index contributed by atoms with van der Waals surface area (Å²) in [5, 5.41) is 8.56. The van der Waals surface area contributed by atoms with Crippen LogP contribution in [0.2, 0.25) is 0 Å². The van der Waals surface area contributed by atoms with Crippen molar-refractivity contribution in [2.75, 3.05) is 99.1 Å². The lowest BCUT2D eigenvalue weighted by molar-refractivity contribution is -0.0215. The molecule has 0 rings (SSSR count). The number of aliphatic hydroxyl groups excluding tert-OH is 1. The van der Waals surface area contributed by atoms with Crippen LogP contribution in [0.5, 0.6) is 0 Å². The molecule has 0 saturated heterocycles. The third-order valence-corrected chi connectivity index (χ3v) is 5.29. The van der Waals surface area contributed by atoms with E-state index in [4.69, 9.17) is 38.3 Å². The third-order valence-electron chi connectivity index (χ3n) is 5.29. The second-order valence-corrected chi connectivity index (χ2v) is 9.02. The zero-order chi connectivity index (χ0) is 25.5. The van der Waals surface area contributed by atoms with Gasteiger partial charge in [-0.2, -0.15) is 0 Å². The van der Waals surface area contributed by atoms with Crippen molar-refractivity contribution in [1.29, 1.82) is 0 Å². The lowest BCUT2D eigenvalue weighted by Crippen LogP contribution is -2.14. The highest BCUT2D eigenvalue weighted by atomic mass is 16.6. The number of ether oxygens (including phenoxy) is 7. The number of aliphatic hydroxyl groups is 1. The van der Waals surface area contributed by atoms with Crippen LogP contribution in [0.4, 0.5) is 0 Å². The minimum atomic E-state index is 0.0383. The molecule has 8 nitrogen and oxygen atoms in total. The predicted octanol–water partition coefficient (Wildman–Crippen LogP) is 4.26. The van der Waals surface area contributed by atoms with Gasteiger partial charge < -0.3 is 38.3 Å². The van der Waals surface area contributed by atoms with Crippen LogP contribution >= 0.6 is 0 Å². The van der Waals surface area contributed by atoms with Crippen molar-refractivity contribution < 1.29 is 38.3 Å². The van der Waals surface area contributed by atoms with Gasteiger partial charge in [0.25, 0.3) is 0 Å². The van der Waals surface area contributed by atoms with Gasteiger partial charge in [-0.3, -0.25) is 0 Å². The van der Waals surface area contributed by atoms with Gasteiger partial charge in [-0.15, -0.1) is 0 Å². The van der Waals surface area contributed by atoms with Crippen LogP contribution < -0.4 is 0 Å². The smallest absolute Gasteiger partial charge is 0.0701 e. The van der Waals surface area contributed by atoms with E-state index in [0.29, 0.717) is 85.9 Å². The molecule has 0 aliphatic rings. The highest BCUT2D eigenvalue weighted by molar-refractivity contribution is 4.49. The number of hydrogen-bond acceptors (Lipinski definition) is 8. The van der Waals surface area contributed by atoms with Crippen molar-refractivity contribution in [2.24, 2.45) is 5.92 Å². The first-order chi connectivity index (χ1) is 17.3. The van der Waals surface area contributed by atoms with E-state index in [1.807, 2.05) is 0 Å². The second-order valence-electron chi connectivity index (χ2n) is 9.02. The second kappa shape index (κ2) is 31.7. The zero-order valence-electron chi connectivity index (χ0n) is 22.9. The first-order valence-corrected chi connectivity index (χ1v) is 13.9. The lowest BCUT2D eigenvalue weighted by Gasteiger charge is -2.08. The lowest BCUT2D eigenvalue weighted by atomic mass is 10.0. The molecule has 0 atom stereocenters. The molecule has 212 valence electrons. The maximum Gasteiger partial charge on any atom is 0.0701 e. The van der Waals surface area contributed by atoms with E-state index in [1.165, 1.54) is 51.4 Å². The Bertz CT molecular complexity index is 371. The van der Waals surface area contributed by atoms with Crippen LogP contribution in [-0.4, -0.2) is 104 Å². The van der Waals surface area contributed by atoms with Gasteiger partial charge in [-0.1, -0.05) is 65.2 Å². The van der Waals surface area contributed by atoms with Crippen molar-refractivity contribution in [3.8, 4) is 0 Å². The van der Waals surface area contributed by atoms with E-state index >= 15 is 0 Å². The molecule has 0 aromatic rings. The average Bonchev–Trinajstić information content (AvgIpc) is 2.85. The number of unbranched alkanes of at least 4 members (excludes halogenated alkanes) is 7. The van der Waals surface area contributed by atoms with Gasteiger partial charge in [-0.25, -0.2) is 0 Å². The normalized spacial score (nSPS) is 11.7. The fourth-order valence-corrected chi connectivity index (χ4v) is 3.30. The van der Waals surface area contributed by atoms with Gasteiger partial charge in [0, 0.05) is 6.61 Å². The van der Waals surface area contributed by atoms with Gasteiger partial charge in [0.1, 0.15) is 0 Å². The number of hydrogen-bond donors (Lipinski definition) is 1. The van der Waals surface area contributed by atoms with E-state index < -0.39 is 0 Å². The summed E-state index contributed by atoms with van der Waals surface area (Å²) >= 11 is 0. The number of rotatable bonds is 31. The molecular formula is C27H56O8. The molecule has 0 aromatic heterocycles. The molecule has 0 saturated carbocycles. The Hall–Kier alpha value is -0.320. The SMILES string of the molecule is CC(C)CCCCCCCCCCOCCOCCOCCOCCOCCOCCOCCO. The molecule has 0 unspecified atom stereocenters. The fraction of sp³-hybridized carbons (Fsp3) is 1.00. The van der Waals surface area contributed by atoms with E-state index in [0.717, 1.165) is 18.9 Å². The van der Waals surface area contributed by atoms with Crippen LogP contribution in [0.25, 0.3) is 0 Å². The molecule has 8 heteroatoms. The average molecular weight is 509 g/mol. The maximum atomic E-state index is 8.56. The van der Waals surface area contributed by atoms with Gasteiger partial charge in [-0.05, 0) is 12.3 Å². The molecule has 0 spiro atoms. The molecule has 0 fully saturated rings. The molecular weight excluding hydrogens is 452 g/mol. The highest BCUT2D eigenvalue weighted by Gasteiger charge is 1.97. The Kier molecular flexibility index (Phi) is 31.4. The van der Waals surface area contributed by atoms with Crippen molar-refractivity contribution in [2.45, 2.75) is 71.6 Å². The highest BCUT2D eigenvalue weighted by Crippen LogP contribution is 2.12. The molecule has 0 heterocycles. The molecule has 0 aliphatic carbocycles. The van der Waals surface area contributed by atoms with Gasteiger partial charge >= 0.3 is 0 Å². The van der Waals surface area contributed by atoms with Crippen molar-refractivity contribution in [3.05, 3.63) is 0 Å². The molecule has 1 N–H and O–H groups in total.